The molecular weight excluding hydrogens is 226 g/mol. The molecule has 2 atom stereocenters. The zero-order chi connectivity index (χ0) is 13.0. The molecule has 2 rings (SSSR count). The highest BCUT2D eigenvalue weighted by Gasteiger charge is 2.41. The summed E-state index contributed by atoms with van der Waals surface area (Å²) in [7, 11) is 0. The smallest absolute Gasteiger partial charge is 0.136 e. The molecule has 104 valence electrons. The molecule has 3 heteroatoms. The van der Waals surface area contributed by atoms with Crippen molar-refractivity contribution in [2.45, 2.75) is 63.9 Å². The van der Waals surface area contributed by atoms with Crippen LogP contribution in [-0.4, -0.2) is 24.5 Å². The van der Waals surface area contributed by atoms with Gasteiger partial charge >= 0.3 is 0 Å². The Labute approximate surface area is 110 Å². The maximum Gasteiger partial charge on any atom is 0.136 e. The Bertz CT molecular complexity index is 284. The van der Waals surface area contributed by atoms with Gasteiger partial charge in [0.25, 0.3) is 0 Å². The second-order valence-electron chi connectivity index (χ2n) is 6.27. The molecule has 1 saturated carbocycles. The van der Waals surface area contributed by atoms with Crippen LogP contribution in [0.3, 0.4) is 0 Å². The van der Waals surface area contributed by atoms with Crippen molar-refractivity contribution in [1.82, 2.24) is 0 Å². The number of ketones is 1. The predicted octanol–water partition coefficient (Wildman–Crippen LogP) is 2.67. The fraction of sp³-hybridized carbons (Fsp3) is 0.933. The fourth-order valence-corrected chi connectivity index (χ4v) is 3.38. The van der Waals surface area contributed by atoms with E-state index in [4.69, 9.17) is 10.5 Å². The number of hydrogen-bond donors (Lipinski definition) is 1. The summed E-state index contributed by atoms with van der Waals surface area (Å²) in [6.07, 6.45) is 8.42. The van der Waals surface area contributed by atoms with Crippen LogP contribution < -0.4 is 5.73 Å². The van der Waals surface area contributed by atoms with E-state index in [0.29, 0.717) is 24.7 Å². The van der Waals surface area contributed by atoms with E-state index in [1.165, 1.54) is 12.8 Å². The molecule has 1 aliphatic heterocycles. The highest BCUT2D eigenvalue weighted by molar-refractivity contribution is 5.81. The van der Waals surface area contributed by atoms with Crippen molar-refractivity contribution >= 4 is 5.78 Å². The molecule has 2 aliphatic rings. The van der Waals surface area contributed by atoms with Crippen LogP contribution in [0.25, 0.3) is 0 Å². The van der Waals surface area contributed by atoms with Crippen LogP contribution in [0.15, 0.2) is 0 Å². The van der Waals surface area contributed by atoms with Gasteiger partial charge in [-0.2, -0.15) is 0 Å². The number of carbonyl (C=O) groups excluding carboxylic acids is 1. The van der Waals surface area contributed by atoms with Gasteiger partial charge in [0.1, 0.15) is 5.78 Å². The first-order chi connectivity index (χ1) is 8.65. The van der Waals surface area contributed by atoms with Crippen LogP contribution in [0.4, 0.5) is 0 Å². The average molecular weight is 253 g/mol. The number of carbonyl (C=O) groups is 1. The third-order valence-electron chi connectivity index (χ3n) is 4.75. The van der Waals surface area contributed by atoms with Gasteiger partial charge in [0.2, 0.25) is 0 Å². The van der Waals surface area contributed by atoms with Crippen molar-refractivity contribution in [3.63, 3.8) is 0 Å². The monoisotopic (exact) mass is 253 g/mol. The van der Waals surface area contributed by atoms with Crippen molar-refractivity contribution < 1.29 is 9.53 Å². The highest BCUT2D eigenvalue weighted by atomic mass is 16.5. The van der Waals surface area contributed by atoms with E-state index in [2.05, 4.69) is 6.92 Å². The van der Waals surface area contributed by atoms with Gasteiger partial charge in [-0.15, -0.1) is 0 Å². The largest absolute Gasteiger partial charge is 0.375 e. The number of ether oxygens (including phenoxy) is 1. The summed E-state index contributed by atoms with van der Waals surface area (Å²) < 4.78 is 5.98. The van der Waals surface area contributed by atoms with Crippen LogP contribution in [0.2, 0.25) is 0 Å². The van der Waals surface area contributed by atoms with E-state index >= 15 is 0 Å². The molecule has 3 nitrogen and oxygen atoms in total. The Morgan fingerprint density at radius 3 is 2.83 bits per heavy atom. The average Bonchev–Trinajstić information content (AvgIpc) is 2.83. The van der Waals surface area contributed by atoms with Gasteiger partial charge in [-0.3, -0.25) is 4.79 Å². The Balaban J connectivity index is 1.82. The van der Waals surface area contributed by atoms with Gasteiger partial charge in [-0.1, -0.05) is 19.8 Å². The molecule has 0 radical (unpaired) electrons. The van der Waals surface area contributed by atoms with Crippen LogP contribution in [-0.2, 0) is 9.53 Å². The molecule has 18 heavy (non-hydrogen) atoms. The molecule has 0 amide bonds. The molecule has 1 aliphatic carbocycles. The second-order valence-corrected chi connectivity index (χ2v) is 6.27. The van der Waals surface area contributed by atoms with Crippen molar-refractivity contribution in [2.24, 2.45) is 17.6 Å². The SMILES string of the molecule is CC(CN)CCC(=O)C1CCOC2(CCCC2)C1. The molecule has 1 saturated heterocycles. The van der Waals surface area contributed by atoms with E-state index in [-0.39, 0.29) is 11.5 Å². The quantitative estimate of drug-likeness (QED) is 0.819. The maximum absolute atomic E-state index is 12.3. The molecule has 0 aromatic carbocycles. The first-order valence-electron chi connectivity index (χ1n) is 7.52. The van der Waals surface area contributed by atoms with Crippen LogP contribution >= 0.6 is 0 Å². The van der Waals surface area contributed by atoms with E-state index in [1.54, 1.807) is 0 Å². The van der Waals surface area contributed by atoms with Gasteiger partial charge in [0.05, 0.1) is 5.60 Å². The van der Waals surface area contributed by atoms with Gasteiger partial charge in [-0.25, -0.2) is 0 Å². The Hall–Kier alpha value is -0.410. The lowest BCUT2D eigenvalue weighted by Crippen LogP contribution is -2.39. The lowest BCUT2D eigenvalue weighted by atomic mass is 9.81. The van der Waals surface area contributed by atoms with Crippen molar-refractivity contribution in [3.05, 3.63) is 0 Å². The molecular formula is C15H27NO2. The highest BCUT2D eigenvalue weighted by Crippen LogP contribution is 2.42. The normalized spacial score (nSPS) is 28.4. The molecule has 2 unspecified atom stereocenters. The standard InChI is InChI=1S/C15H27NO2/c1-12(11-16)4-5-14(17)13-6-9-18-15(10-13)7-2-3-8-15/h12-13H,2-11,16H2,1H3. The molecule has 1 spiro atoms. The number of hydrogen-bond acceptors (Lipinski definition) is 3. The lowest BCUT2D eigenvalue weighted by molar-refractivity contribution is -0.136. The summed E-state index contributed by atoms with van der Waals surface area (Å²) >= 11 is 0. The zero-order valence-electron chi connectivity index (χ0n) is 11.6. The van der Waals surface area contributed by atoms with Crippen molar-refractivity contribution in [1.29, 1.82) is 0 Å². The lowest BCUT2D eigenvalue weighted by Gasteiger charge is -2.37. The van der Waals surface area contributed by atoms with E-state index in [0.717, 1.165) is 38.7 Å². The third kappa shape index (κ3) is 3.33. The zero-order valence-corrected chi connectivity index (χ0v) is 11.6. The second kappa shape index (κ2) is 6.16. The van der Waals surface area contributed by atoms with Gasteiger partial charge in [0.15, 0.2) is 0 Å². The molecule has 2 N–H and O–H groups in total. The Kier molecular flexibility index (Phi) is 4.79. The minimum Gasteiger partial charge on any atom is -0.375 e. The molecule has 0 aromatic rings. The maximum atomic E-state index is 12.3. The summed E-state index contributed by atoms with van der Waals surface area (Å²) in [5, 5.41) is 0. The predicted molar refractivity (Wildman–Crippen MR) is 72.3 cm³/mol. The van der Waals surface area contributed by atoms with Crippen LogP contribution in [0.5, 0.6) is 0 Å². The fourth-order valence-electron chi connectivity index (χ4n) is 3.38. The minimum atomic E-state index is 0.0675. The topological polar surface area (TPSA) is 52.3 Å². The van der Waals surface area contributed by atoms with Gasteiger partial charge in [-0.05, 0) is 44.6 Å². The molecule has 0 aromatic heterocycles. The van der Waals surface area contributed by atoms with E-state index < -0.39 is 0 Å². The summed E-state index contributed by atoms with van der Waals surface area (Å²) in [6, 6.07) is 0. The van der Waals surface area contributed by atoms with Gasteiger partial charge < -0.3 is 10.5 Å². The number of Topliss-reactive ketones (excluding diaryl/α,β-unsaturated/α-hetero) is 1. The Morgan fingerprint density at radius 2 is 2.17 bits per heavy atom. The summed E-state index contributed by atoms with van der Waals surface area (Å²) in [5.74, 6) is 1.17. The molecule has 0 bridgehead atoms. The third-order valence-corrected chi connectivity index (χ3v) is 4.75. The van der Waals surface area contributed by atoms with Crippen LogP contribution in [0, 0.1) is 11.8 Å². The van der Waals surface area contributed by atoms with E-state index in [9.17, 15) is 4.79 Å². The van der Waals surface area contributed by atoms with Gasteiger partial charge in [0, 0.05) is 18.9 Å². The molecule has 1 heterocycles. The summed E-state index contributed by atoms with van der Waals surface area (Å²) in [5.41, 5.74) is 5.67. The van der Waals surface area contributed by atoms with Crippen molar-refractivity contribution in [2.75, 3.05) is 13.2 Å². The summed E-state index contributed by atoms with van der Waals surface area (Å²) in [4.78, 5) is 12.3. The van der Waals surface area contributed by atoms with E-state index in [1.807, 2.05) is 0 Å². The summed E-state index contributed by atoms with van der Waals surface area (Å²) in [6.45, 7) is 3.59. The molecule has 2 fully saturated rings. The Morgan fingerprint density at radius 1 is 1.44 bits per heavy atom. The van der Waals surface area contributed by atoms with Crippen LogP contribution in [0.1, 0.15) is 58.3 Å². The minimum absolute atomic E-state index is 0.0675. The number of rotatable bonds is 5. The first-order valence-corrected chi connectivity index (χ1v) is 7.52. The number of nitrogens with two attached hydrogens (primary N) is 1. The van der Waals surface area contributed by atoms with Crippen molar-refractivity contribution in [3.8, 4) is 0 Å². The first kappa shape index (κ1) is 14.0.